The molecule has 7 nitrogen and oxygen atoms in total. The third-order valence-corrected chi connectivity index (χ3v) is 7.67. The highest BCUT2D eigenvalue weighted by atomic mass is 19.1. The van der Waals surface area contributed by atoms with E-state index in [1.54, 1.807) is 14.0 Å². The molecule has 1 saturated heterocycles. The summed E-state index contributed by atoms with van der Waals surface area (Å²) in [5.41, 5.74) is 1.35. The van der Waals surface area contributed by atoms with Crippen LogP contribution in [0.25, 0.3) is 6.08 Å². The third kappa shape index (κ3) is 3.93. The van der Waals surface area contributed by atoms with Crippen LogP contribution in [0.4, 0.5) is 13.6 Å². The van der Waals surface area contributed by atoms with Crippen LogP contribution < -0.4 is 5.32 Å². The van der Waals surface area contributed by atoms with Gasteiger partial charge in [0.25, 0.3) is 11.8 Å². The number of rotatable bonds is 5. The SMILES string of the molecule is CC(C)C1=N[C@@](C)(c2cc(F)cc(F)c2)N(C/C=C/c2ccc3c(c2)CC2(C3)C(=O)NC(=O)N2C)C1=O. The lowest BCUT2D eigenvalue weighted by Gasteiger charge is -2.33. The molecule has 0 radical (unpaired) electrons. The van der Waals surface area contributed by atoms with Gasteiger partial charge in [0.15, 0.2) is 5.66 Å². The first-order valence-corrected chi connectivity index (χ1v) is 12.2. The summed E-state index contributed by atoms with van der Waals surface area (Å²) in [6.45, 7) is 5.57. The molecule has 1 aliphatic carbocycles. The number of fused-ring (bicyclic) bond motifs is 1. The van der Waals surface area contributed by atoms with E-state index in [0.29, 0.717) is 18.6 Å². The molecule has 2 heterocycles. The Labute approximate surface area is 213 Å². The topological polar surface area (TPSA) is 82.1 Å². The van der Waals surface area contributed by atoms with E-state index < -0.39 is 28.9 Å². The van der Waals surface area contributed by atoms with E-state index in [9.17, 15) is 23.2 Å². The van der Waals surface area contributed by atoms with Gasteiger partial charge in [0.1, 0.15) is 22.9 Å². The van der Waals surface area contributed by atoms with Gasteiger partial charge in [0.2, 0.25) is 0 Å². The zero-order valence-electron chi connectivity index (χ0n) is 21.1. The van der Waals surface area contributed by atoms with Crippen molar-refractivity contribution in [3.05, 3.63) is 76.4 Å². The van der Waals surface area contributed by atoms with E-state index in [-0.39, 0.29) is 29.8 Å². The number of nitrogens with one attached hydrogen (secondary N) is 1. The number of halogens is 2. The quantitative estimate of drug-likeness (QED) is 0.627. The van der Waals surface area contributed by atoms with Gasteiger partial charge in [0, 0.05) is 44.0 Å². The van der Waals surface area contributed by atoms with Crippen LogP contribution in [0.2, 0.25) is 0 Å². The van der Waals surface area contributed by atoms with Crippen molar-refractivity contribution in [2.45, 2.75) is 44.8 Å². The highest BCUT2D eigenvalue weighted by Crippen LogP contribution is 2.39. The van der Waals surface area contributed by atoms with Gasteiger partial charge in [-0.2, -0.15) is 0 Å². The molecule has 5 rings (SSSR count). The van der Waals surface area contributed by atoms with E-state index in [4.69, 9.17) is 0 Å². The molecule has 1 fully saturated rings. The molecule has 0 aromatic heterocycles. The van der Waals surface area contributed by atoms with Crippen molar-refractivity contribution in [2.75, 3.05) is 13.6 Å². The lowest BCUT2D eigenvalue weighted by molar-refractivity contribution is -0.127. The van der Waals surface area contributed by atoms with Gasteiger partial charge in [-0.05, 0) is 35.7 Å². The van der Waals surface area contributed by atoms with Gasteiger partial charge in [-0.3, -0.25) is 19.9 Å². The van der Waals surface area contributed by atoms with Crippen molar-refractivity contribution >= 4 is 29.6 Å². The molecular weight excluding hydrogens is 478 g/mol. The van der Waals surface area contributed by atoms with Crippen molar-refractivity contribution in [1.82, 2.24) is 15.1 Å². The van der Waals surface area contributed by atoms with Crippen molar-refractivity contribution in [2.24, 2.45) is 10.9 Å². The Kier molecular flexibility index (Phi) is 5.77. The van der Waals surface area contributed by atoms with Crippen molar-refractivity contribution < 1.29 is 23.2 Å². The summed E-state index contributed by atoms with van der Waals surface area (Å²) >= 11 is 0. The van der Waals surface area contributed by atoms with Crippen LogP contribution in [0.3, 0.4) is 0 Å². The molecule has 2 aromatic rings. The summed E-state index contributed by atoms with van der Waals surface area (Å²) in [5.74, 6) is -2.17. The number of benzene rings is 2. The first kappa shape index (κ1) is 24.8. The number of carbonyl (C=O) groups is 3. The van der Waals surface area contributed by atoms with Crippen LogP contribution >= 0.6 is 0 Å². The first-order chi connectivity index (χ1) is 17.4. The number of urea groups is 1. The van der Waals surface area contributed by atoms with E-state index in [0.717, 1.165) is 22.8 Å². The molecule has 3 aliphatic rings. The summed E-state index contributed by atoms with van der Waals surface area (Å²) in [6.07, 6.45) is 4.56. The maximum absolute atomic E-state index is 14.0. The second-order valence-corrected chi connectivity index (χ2v) is 10.4. The number of amides is 4. The number of nitrogens with zero attached hydrogens (tertiary/aromatic N) is 3. The van der Waals surface area contributed by atoms with Gasteiger partial charge >= 0.3 is 6.03 Å². The molecule has 0 saturated carbocycles. The number of hydrogen-bond donors (Lipinski definition) is 1. The van der Waals surface area contributed by atoms with Gasteiger partial charge in [-0.15, -0.1) is 0 Å². The fraction of sp³-hybridized carbons (Fsp3) is 0.357. The Morgan fingerprint density at radius 1 is 1.05 bits per heavy atom. The van der Waals surface area contributed by atoms with E-state index >= 15 is 0 Å². The van der Waals surface area contributed by atoms with E-state index in [1.165, 1.54) is 21.9 Å². The average Bonchev–Trinajstić information content (AvgIpc) is 3.41. The molecular formula is C28H28F2N4O3. The van der Waals surface area contributed by atoms with Crippen molar-refractivity contribution in [3.8, 4) is 0 Å². The number of likely N-dealkylation sites (N-methyl/N-ethyl adjacent to an activating group) is 1. The highest BCUT2D eigenvalue weighted by molar-refractivity contribution is 6.41. The summed E-state index contributed by atoms with van der Waals surface area (Å²) in [4.78, 5) is 45.4. The third-order valence-electron chi connectivity index (χ3n) is 7.67. The smallest absolute Gasteiger partial charge is 0.312 e. The minimum atomic E-state index is -1.25. The zero-order valence-corrected chi connectivity index (χ0v) is 21.1. The minimum Gasteiger partial charge on any atom is -0.312 e. The Balaban J connectivity index is 1.39. The lowest BCUT2D eigenvalue weighted by Crippen LogP contribution is -2.48. The van der Waals surface area contributed by atoms with Gasteiger partial charge < -0.3 is 9.80 Å². The Morgan fingerprint density at radius 3 is 2.35 bits per heavy atom. The molecule has 0 bridgehead atoms. The molecule has 4 amide bonds. The maximum atomic E-state index is 14.0. The second-order valence-electron chi connectivity index (χ2n) is 10.4. The van der Waals surface area contributed by atoms with E-state index in [1.807, 2.05) is 44.2 Å². The average molecular weight is 507 g/mol. The van der Waals surface area contributed by atoms with Crippen LogP contribution in [0.5, 0.6) is 0 Å². The highest BCUT2D eigenvalue weighted by Gasteiger charge is 2.54. The summed E-state index contributed by atoms with van der Waals surface area (Å²) in [5, 5.41) is 2.40. The first-order valence-electron chi connectivity index (χ1n) is 12.2. The normalized spacial score (nSPS) is 25.2. The molecule has 192 valence electrons. The van der Waals surface area contributed by atoms with Gasteiger partial charge in [-0.25, -0.2) is 13.6 Å². The van der Waals surface area contributed by atoms with Crippen LogP contribution in [-0.2, 0) is 28.1 Å². The molecule has 2 aromatic carbocycles. The van der Waals surface area contributed by atoms with Gasteiger partial charge in [-0.1, -0.05) is 44.2 Å². The number of carbonyl (C=O) groups excluding carboxylic acids is 3. The lowest BCUT2D eigenvalue weighted by atomic mass is 9.95. The Morgan fingerprint density at radius 2 is 1.73 bits per heavy atom. The molecule has 9 heteroatoms. The largest absolute Gasteiger partial charge is 0.324 e. The number of hydrogen-bond acceptors (Lipinski definition) is 4. The predicted octanol–water partition coefficient (Wildman–Crippen LogP) is 3.81. The summed E-state index contributed by atoms with van der Waals surface area (Å²) in [7, 11) is 1.63. The fourth-order valence-electron chi connectivity index (χ4n) is 5.48. The van der Waals surface area contributed by atoms with Crippen molar-refractivity contribution in [1.29, 1.82) is 0 Å². The predicted molar refractivity (Wildman–Crippen MR) is 135 cm³/mol. The standard InChI is InChI=1S/C28H28F2N4O3/c1-16(2)23-24(35)34(27(3,32-23)20-11-21(29)13-22(30)12-20)9-5-6-17-7-8-18-14-28(15-19(18)10-17)25(36)31-26(37)33(28)4/h5-8,10-13,16H,9,14-15H2,1-4H3,(H,31,36,37)/b6-5+/t27-,28?/m1/s1. The maximum Gasteiger partial charge on any atom is 0.324 e. The monoisotopic (exact) mass is 506 g/mol. The Bertz CT molecular complexity index is 1380. The molecule has 37 heavy (non-hydrogen) atoms. The van der Waals surface area contributed by atoms with Crippen LogP contribution in [0, 0.1) is 17.6 Å². The molecule has 2 aliphatic heterocycles. The van der Waals surface area contributed by atoms with Crippen LogP contribution in [0.1, 0.15) is 43.0 Å². The number of imide groups is 1. The Hall–Kier alpha value is -3.88. The number of aliphatic imine (C=N–C) groups is 1. The van der Waals surface area contributed by atoms with Crippen molar-refractivity contribution in [3.63, 3.8) is 0 Å². The second kappa shape index (κ2) is 8.61. The molecule has 2 atom stereocenters. The minimum absolute atomic E-state index is 0.152. The molecule has 1 N–H and O–H groups in total. The molecule has 1 unspecified atom stereocenters. The van der Waals surface area contributed by atoms with Gasteiger partial charge in [0.05, 0.1) is 0 Å². The summed E-state index contributed by atoms with van der Waals surface area (Å²) < 4.78 is 28.1. The van der Waals surface area contributed by atoms with Crippen LogP contribution in [-0.4, -0.2) is 52.5 Å². The zero-order chi connectivity index (χ0) is 26.7. The fourth-order valence-corrected chi connectivity index (χ4v) is 5.48. The molecule has 1 spiro atoms. The summed E-state index contributed by atoms with van der Waals surface area (Å²) in [6, 6.07) is 8.67. The van der Waals surface area contributed by atoms with Crippen LogP contribution in [0.15, 0.2) is 47.5 Å². The van der Waals surface area contributed by atoms with E-state index in [2.05, 4.69) is 10.3 Å².